The Hall–Kier alpha value is -6.26. The molecule has 0 atom stereocenters. The van der Waals surface area contributed by atoms with E-state index in [0.717, 1.165) is 80.1 Å². The highest BCUT2D eigenvalue weighted by molar-refractivity contribution is 5.79. The third-order valence-corrected chi connectivity index (χ3v) is 8.53. The van der Waals surface area contributed by atoms with Gasteiger partial charge in [0.15, 0.2) is 11.6 Å². The SMILES string of the molecule is C1=CC(c2cc(-c3ccccc3)nc(-c3cccc(-c4cccc(-c5nc(-c6ccccc6)cc(-c6ccccc6)n5)c4)c3)n2)=CCC1. The summed E-state index contributed by atoms with van der Waals surface area (Å²) < 4.78 is 0. The van der Waals surface area contributed by atoms with Gasteiger partial charge >= 0.3 is 0 Å². The third-order valence-electron chi connectivity index (χ3n) is 8.53. The molecule has 0 aliphatic heterocycles. The molecule has 4 nitrogen and oxygen atoms in total. The maximum Gasteiger partial charge on any atom is 0.160 e. The lowest BCUT2D eigenvalue weighted by molar-refractivity contribution is 1.03. The van der Waals surface area contributed by atoms with Crippen LogP contribution in [0.15, 0.2) is 170 Å². The summed E-state index contributed by atoms with van der Waals surface area (Å²) in [6.07, 6.45) is 8.73. The minimum atomic E-state index is 0.686. The fourth-order valence-electron chi connectivity index (χ4n) is 6.05. The number of allylic oxidation sites excluding steroid dienone is 4. The topological polar surface area (TPSA) is 51.6 Å². The van der Waals surface area contributed by atoms with Gasteiger partial charge in [0.25, 0.3) is 0 Å². The molecule has 1 aliphatic rings. The lowest BCUT2D eigenvalue weighted by Gasteiger charge is -2.13. The Bertz CT molecular complexity index is 2220. The van der Waals surface area contributed by atoms with Crippen LogP contribution in [0.2, 0.25) is 0 Å². The van der Waals surface area contributed by atoms with Crippen LogP contribution in [0, 0.1) is 0 Å². The van der Waals surface area contributed by atoms with Gasteiger partial charge in [-0.2, -0.15) is 0 Å². The van der Waals surface area contributed by atoms with Crippen molar-refractivity contribution in [3.8, 4) is 67.7 Å². The summed E-state index contributed by atoms with van der Waals surface area (Å²) in [5.74, 6) is 1.39. The predicted molar refractivity (Wildman–Crippen MR) is 197 cm³/mol. The molecule has 7 aromatic rings. The predicted octanol–water partition coefficient (Wildman–Crippen LogP) is 11.0. The van der Waals surface area contributed by atoms with Gasteiger partial charge in [-0.05, 0) is 53.8 Å². The van der Waals surface area contributed by atoms with Gasteiger partial charge in [-0.25, -0.2) is 19.9 Å². The number of hydrogen-bond acceptors (Lipinski definition) is 4. The van der Waals surface area contributed by atoms with E-state index >= 15 is 0 Å². The van der Waals surface area contributed by atoms with Crippen LogP contribution in [0.3, 0.4) is 0 Å². The largest absolute Gasteiger partial charge is 0.228 e. The molecular formula is C44H32N4. The van der Waals surface area contributed by atoms with E-state index in [-0.39, 0.29) is 0 Å². The van der Waals surface area contributed by atoms with Crippen LogP contribution in [0.4, 0.5) is 0 Å². The fraction of sp³-hybridized carbons (Fsp3) is 0.0455. The van der Waals surface area contributed by atoms with Gasteiger partial charge in [-0.15, -0.1) is 0 Å². The number of aromatic nitrogens is 4. The first kappa shape index (κ1) is 29.2. The maximum absolute atomic E-state index is 5.08. The second kappa shape index (κ2) is 13.2. The lowest BCUT2D eigenvalue weighted by Crippen LogP contribution is -1.99. The third kappa shape index (κ3) is 6.24. The number of nitrogens with zero attached hydrogens (tertiary/aromatic N) is 4. The highest BCUT2D eigenvalue weighted by Gasteiger charge is 2.14. The van der Waals surface area contributed by atoms with E-state index in [0.29, 0.717) is 11.6 Å². The van der Waals surface area contributed by atoms with Gasteiger partial charge in [0.2, 0.25) is 0 Å². The van der Waals surface area contributed by atoms with Crippen LogP contribution in [0.5, 0.6) is 0 Å². The van der Waals surface area contributed by atoms with Crippen molar-refractivity contribution in [2.75, 3.05) is 0 Å². The zero-order valence-corrected chi connectivity index (χ0v) is 26.4. The fourth-order valence-corrected chi connectivity index (χ4v) is 6.05. The second-order valence-electron chi connectivity index (χ2n) is 11.8. The molecule has 228 valence electrons. The van der Waals surface area contributed by atoms with Crippen LogP contribution in [0.25, 0.3) is 73.2 Å². The molecule has 0 radical (unpaired) electrons. The van der Waals surface area contributed by atoms with Crippen molar-refractivity contribution >= 4 is 5.57 Å². The van der Waals surface area contributed by atoms with Gasteiger partial charge in [-0.1, -0.05) is 146 Å². The summed E-state index contributed by atoms with van der Waals surface area (Å²) in [4.78, 5) is 20.2. The lowest BCUT2D eigenvalue weighted by atomic mass is 9.99. The number of hydrogen-bond donors (Lipinski definition) is 0. The Morgan fingerprint density at radius 3 is 1.17 bits per heavy atom. The molecular weight excluding hydrogens is 585 g/mol. The molecule has 4 heteroatoms. The molecule has 2 heterocycles. The summed E-state index contributed by atoms with van der Waals surface area (Å²) in [6, 6.07) is 52.0. The number of benzene rings is 5. The van der Waals surface area contributed by atoms with Gasteiger partial charge < -0.3 is 0 Å². The molecule has 48 heavy (non-hydrogen) atoms. The normalized spacial score (nSPS) is 12.5. The zero-order chi connectivity index (χ0) is 32.1. The van der Waals surface area contributed by atoms with Crippen LogP contribution < -0.4 is 0 Å². The number of rotatable bonds is 7. The standard InChI is InChI=1S/C44H32N4/c1-5-15-31(16-6-1)39-29-40(32-17-7-2-8-18-32)46-43(45-39)37-25-13-23-35(27-37)36-24-14-26-38(28-36)44-47-41(33-19-9-3-10-20-33)30-42(48-44)34-21-11-4-12-22-34/h1-3,5-11,13-30H,4,12H2. The summed E-state index contributed by atoms with van der Waals surface area (Å²) in [5, 5.41) is 0. The Balaban J connectivity index is 1.20. The highest BCUT2D eigenvalue weighted by atomic mass is 14.9. The van der Waals surface area contributed by atoms with Gasteiger partial charge in [-0.3, -0.25) is 0 Å². The van der Waals surface area contributed by atoms with Gasteiger partial charge in [0.05, 0.1) is 22.8 Å². The molecule has 8 rings (SSSR count). The first-order chi connectivity index (χ1) is 23.8. The van der Waals surface area contributed by atoms with Crippen LogP contribution in [0.1, 0.15) is 18.5 Å². The zero-order valence-electron chi connectivity index (χ0n) is 26.4. The molecule has 0 N–H and O–H groups in total. The average Bonchev–Trinajstić information content (AvgIpc) is 3.19. The van der Waals surface area contributed by atoms with Gasteiger partial charge in [0.1, 0.15) is 0 Å². The minimum absolute atomic E-state index is 0.686. The molecule has 2 aromatic heterocycles. The molecule has 0 amide bonds. The Labute approximate surface area is 280 Å². The van der Waals surface area contributed by atoms with Gasteiger partial charge in [0, 0.05) is 27.8 Å². The molecule has 0 spiro atoms. The van der Waals surface area contributed by atoms with Crippen molar-refractivity contribution in [1.29, 1.82) is 0 Å². The smallest absolute Gasteiger partial charge is 0.160 e. The van der Waals surface area contributed by atoms with Crippen LogP contribution in [-0.2, 0) is 0 Å². The van der Waals surface area contributed by atoms with Crippen LogP contribution >= 0.6 is 0 Å². The van der Waals surface area contributed by atoms with Crippen molar-refractivity contribution in [3.63, 3.8) is 0 Å². The molecule has 0 saturated heterocycles. The maximum atomic E-state index is 5.08. The van der Waals surface area contributed by atoms with E-state index in [1.807, 2.05) is 54.6 Å². The minimum Gasteiger partial charge on any atom is -0.228 e. The first-order valence-electron chi connectivity index (χ1n) is 16.3. The Morgan fingerprint density at radius 1 is 0.333 bits per heavy atom. The molecule has 5 aromatic carbocycles. The van der Waals surface area contributed by atoms with E-state index in [1.54, 1.807) is 0 Å². The Kier molecular flexibility index (Phi) is 8.04. The monoisotopic (exact) mass is 616 g/mol. The molecule has 0 bridgehead atoms. The average molecular weight is 617 g/mol. The summed E-state index contributed by atoms with van der Waals surface area (Å²) >= 11 is 0. The van der Waals surface area contributed by atoms with Crippen molar-refractivity contribution in [3.05, 3.63) is 176 Å². The summed E-state index contributed by atoms with van der Waals surface area (Å²) in [5.41, 5.74) is 12.0. The van der Waals surface area contributed by atoms with E-state index in [9.17, 15) is 0 Å². The molecule has 0 unspecified atom stereocenters. The van der Waals surface area contributed by atoms with Crippen molar-refractivity contribution in [1.82, 2.24) is 19.9 Å². The molecule has 1 aliphatic carbocycles. The van der Waals surface area contributed by atoms with Crippen molar-refractivity contribution < 1.29 is 0 Å². The van der Waals surface area contributed by atoms with E-state index in [2.05, 4.69) is 115 Å². The van der Waals surface area contributed by atoms with Crippen molar-refractivity contribution in [2.45, 2.75) is 12.8 Å². The molecule has 0 saturated carbocycles. The second-order valence-corrected chi connectivity index (χ2v) is 11.8. The van der Waals surface area contributed by atoms with E-state index in [1.165, 1.54) is 0 Å². The van der Waals surface area contributed by atoms with Crippen LogP contribution in [-0.4, -0.2) is 19.9 Å². The Morgan fingerprint density at radius 2 is 0.729 bits per heavy atom. The molecule has 0 fully saturated rings. The van der Waals surface area contributed by atoms with Crippen molar-refractivity contribution in [2.24, 2.45) is 0 Å². The summed E-state index contributed by atoms with van der Waals surface area (Å²) in [6.45, 7) is 0. The summed E-state index contributed by atoms with van der Waals surface area (Å²) in [7, 11) is 0. The quantitative estimate of drug-likeness (QED) is 0.179. The highest BCUT2D eigenvalue weighted by Crippen LogP contribution is 2.32. The first-order valence-corrected chi connectivity index (χ1v) is 16.3. The van der Waals surface area contributed by atoms with E-state index < -0.39 is 0 Å². The van der Waals surface area contributed by atoms with E-state index in [4.69, 9.17) is 19.9 Å².